The fourth-order valence-electron chi connectivity index (χ4n) is 3.45. The highest BCUT2D eigenvalue weighted by Gasteiger charge is 2.11. The molecule has 1 N–H and O–H groups in total. The molecule has 0 aromatic heterocycles. The summed E-state index contributed by atoms with van der Waals surface area (Å²) in [5.41, 5.74) is 3.23. The molecule has 2 aromatic rings. The third-order valence-corrected chi connectivity index (χ3v) is 4.94. The molecule has 0 bridgehead atoms. The number of aryl methyl sites for hydroxylation is 1. The van der Waals surface area contributed by atoms with Gasteiger partial charge in [0.1, 0.15) is 5.75 Å². The lowest BCUT2D eigenvalue weighted by Crippen LogP contribution is -2.29. The van der Waals surface area contributed by atoms with Crippen molar-refractivity contribution in [3.05, 3.63) is 59.7 Å². The number of piperidine rings is 1. The topological polar surface area (TPSA) is 41.6 Å². The number of carbonyl (C=O) groups excluding carboxylic acids is 1. The highest BCUT2D eigenvalue weighted by Crippen LogP contribution is 2.20. The van der Waals surface area contributed by atoms with Gasteiger partial charge in [-0.2, -0.15) is 0 Å². The van der Waals surface area contributed by atoms with E-state index in [1.807, 2.05) is 12.1 Å². The van der Waals surface area contributed by atoms with Crippen molar-refractivity contribution in [3.8, 4) is 5.75 Å². The number of benzene rings is 2. The van der Waals surface area contributed by atoms with Crippen LogP contribution in [0.15, 0.2) is 48.5 Å². The Hall–Kier alpha value is -2.49. The van der Waals surface area contributed by atoms with Gasteiger partial charge in [0.15, 0.2) is 0 Å². The number of nitrogens with zero attached hydrogens (tertiary/aromatic N) is 1. The molecule has 1 aliphatic rings. The molecule has 1 aliphatic heterocycles. The molecule has 1 heterocycles. The molecule has 26 heavy (non-hydrogen) atoms. The minimum atomic E-state index is -0.0807. The number of ether oxygens (including phenoxy) is 1. The first-order valence-electron chi connectivity index (χ1n) is 9.53. The van der Waals surface area contributed by atoms with Gasteiger partial charge in [0.25, 0.3) is 5.91 Å². The summed E-state index contributed by atoms with van der Waals surface area (Å²) in [5, 5.41) is 2.98. The molecule has 0 radical (unpaired) electrons. The van der Waals surface area contributed by atoms with Gasteiger partial charge in [-0.05, 0) is 61.9 Å². The van der Waals surface area contributed by atoms with Crippen LogP contribution in [0.3, 0.4) is 0 Å². The number of nitrogens with one attached hydrogen (secondary N) is 1. The number of carbonyl (C=O) groups is 1. The van der Waals surface area contributed by atoms with E-state index in [1.165, 1.54) is 43.6 Å². The van der Waals surface area contributed by atoms with Crippen LogP contribution in [0.25, 0.3) is 0 Å². The van der Waals surface area contributed by atoms with Gasteiger partial charge < -0.3 is 15.0 Å². The largest absolute Gasteiger partial charge is 0.496 e. The molecule has 1 fully saturated rings. The van der Waals surface area contributed by atoms with Crippen molar-refractivity contribution >= 4 is 11.6 Å². The van der Waals surface area contributed by atoms with Crippen LogP contribution in [-0.2, 0) is 6.42 Å². The number of para-hydroxylation sites is 1. The molecule has 3 rings (SSSR count). The van der Waals surface area contributed by atoms with Crippen LogP contribution in [0.2, 0.25) is 0 Å². The first kappa shape index (κ1) is 18.3. The third-order valence-electron chi connectivity index (χ3n) is 4.94. The van der Waals surface area contributed by atoms with Gasteiger partial charge in [0.05, 0.1) is 12.7 Å². The van der Waals surface area contributed by atoms with Crippen molar-refractivity contribution in [1.29, 1.82) is 0 Å². The van der Waals surface area contributed by atoms with Gasteiger partial charge in [0.2, 0.25) is 0 Å². The van der Waals surface area contributed by atoms with Crippen LogP contribution in [0.4, 0.5) is 5.69 Å². The number of hydrogen-bond donors (Lipinski definition) is 1. The zero-order valence-electron chi connectivity index (χ0n) is 15.5. The van der Waals surface area contributed by atoms with E-state index in [4.69, 9.17) is 4.74 Å². The number of hydrogen-bond acceptors (Lipinski definition) is 3. The van der Waals surface area contributed by atoms with Crippen molar-refractivity contribution in [3.63, 3.8) is 0 Å². The van der Waals surface area contributed by atoms with Crippen molar-refractivity contribution in [1.82, 2.24) is 5.32 Å². The Bertz CT molecular complexity index is 706. The lowest BCUT2D eigenvalue weighted by Gasteiger charge is -2.28. The zero-order chi connectivity index (χ0) is 18.2. The zero-order valence-corrected chi connectivity index (χ0v) is 15.5. The molecule has 0 unspecified atom stereocenters. The second-order valence-corrected chi connectivity index (χ2v) is 6.77. The highest BCUT2D eigenvalue weighted by molar-refractivity contribution is 5.96. The maximum Gasteiger partial charge on any atom is 0.255 e. The Morgan fingerprint density at radius 2 is 1.77 bits per heavy atom. The van der Waals surface area contributed by atoms with Gasteiger partial charge in [-0.25, -0.2) is 0 Å². The van der Waals surface area contributed by atoms with E-state index in [0.717, 1.165) is 12.8 Å². The molecular formula is C22H28N2O2. The fourth-order valence-corrected chi connectivity index (χ4v) is 3.45. The average molecular weight is 352 g/mol. The summed E-state index contributed by atoms with van der Waals surface area (Å²) < 4.78 is 5.24. The highest BCUT2D eigenvalue weighted by atomic mass is 16.5. The minimum absolute atomic E-state index is 0.0807. The van der Waals surface area contributed by atoms with Gasteiger partial charge in [-0.1, -0.05) is 24.3 Å². The van der Waals surface area contributed by atoms with Crippen molar-refractivity contribution in [2.24, 2.45) is 0 Å². The quantitative estimate of drug-likeness (QED) is 0.765. The molecule has 0 saturated carbocycles. The Morgan fingerprint density at radius 1 is 1.04 bits per heavy atom. The summed E-state index contributed by atoms with van der Waals surface area (Å²) in [6.07, 6.45) is 5.84. The monoisotopic (exact) mass is 352 g/mol. The predicted molar refractivity (Wildman–Crippen MR) is 106 cm³/mol. The standard InChI is InChI=1S/C22H28N2O2/c1-26-21-10-4-3-9-20(21)22(25)23-15-7-8-18-11-13-19(14-12-18)24-16-5-2-6-17-24/h3-4,9-14H,2,5-8,15-17H2,1H3,(H,23,25). The first-order chi connectivity index (χ1) is 12.8. The summed E-state index contributed by atoms with van der Waals surface area (Å²) >= 11 is 0. The van der Waals surface area contributed by atoms with Crippen LogP contribution in [0.5, 0.6) is 5.75 Å². The minimum Gasteiger partial charge on any atom is -0.496 e. The van der Waals surface area contributed by atoms with E-state index in [2.05, 4.69) is 34.5 Å². The van der Waals surface area contributed by atoms with Crippen LogP contribution >= 0.6 is 0 Å². The van der Waals surface area contributed by atoms with Crippen molar-refractivity contribution in [2.75, 3.05) is 31.6 Å². The molecule has 4 nitrogen and oxygen atoms in total. The van der Waals surface area contributed by atoms with E-state index >= 15 is 0 Å². The Labute approximate surface area is 156 Å². The van der Waals surface area contributed by atoms with E-state index in [9.17, 15) is 4.79 Å². The third kappa shape index (κ3) is 4.78. The summed E-state index contributed by atoms with van der Waals surface area (Å²) in [4.78, 5) is 14.7. The van der Waals surface area contributed by atoms with Gasteiger partial charge in [-0.15, -0.1) is 0 Å². The molecule has 0 spiro atoms. The summed E-state index contributed by atoms with van der Waals surface area (Å²) in [5.74, 6) is 0.529. The van der Waals surface area contributed by atoms with Crippen LogP contribution < -0.4 is 15.0 Å². The number of rotatable bonds is 7. The summed E-state index contributed by atoms with van der Waals surface area (Å²) in [6, 6.07) is 16.2. The molecule has 2 aromatic carbocycles. The molecule has 1 saturated heterocycles. The Balaban J connectivity index is 1.44. The predicted octanol–water partition coefficient (Wildman–Crippen LogP) is 4.05. The van der Waals surface area contributed by atoms with Gasteiger partial charge in [-0.3, -0.25) is 4.79 Å². The van der Waals surface area contributed by atoms with Crippen molar-refractivity contribution < 1.29 is 9.53 Å². The second-order valence-electron chi connectivity index (χ2n) is 6.77. The number of amides is 1. The average Bonchev–Trinajstić information content (AvgIpc) is 2.72. The summed E-state index contributed by atoms with van der Waals surface area (Å²) in [7, 11) is 1.58. The smallest absolute Gasteiger partial charge is 0.255 e. The van der Waals surface area contributed by atoms with Gasteiger partial charge >= 0.3 is 0 Å². The fraction of sp³-hybridized carbons (Fsp3) is 0.409. The van der Waals surface area contributed by atoms with E-state index in [1.54, 1.807) is 19.2 Å². The van der Waals surface area contributed by atoms with E-state index in [-0.39, 0.29) is 5.91 Å². The molecule has 4 heteroatoms. The van der Waals surface area contributed by atoms with E-state index in [0.29, 0.717) is 17.9 Å². The summed E-state index contributed by atoms with van der Waals surface area (Å²) in [6.45, 7) is 3.01. The molecule has 138 valence electrons. The molecular weight excluding hydrogens is 324 g/mol. The Kier molecular flexibility index (Phi) is 6.53. The van der Waals surface area contributed by atoms with E-state index < -0.39 is 0 Å². The lowest BCUT2D eigenvalue weighted by molar-refractivity contribution is 0.0950. The molecule has 1 amide bonds. The van der Waals surface area contributed by atoms with Crippen LogP contribution in [0.1, 0.15) is 41.6 Å². The number of anilines is 1. The second kappa shape index (κ2) is 9.27. The SMILES string of the molecule is COc1ccccc1C(=O)NCCCc1ccc(N2CCCCC2)cc1. The van der Waals surface area contributed by atoms with Gasteiger partial charge in [0, 0.05) is 25.3 Å². The van der Waals surface area contributed by atoms with Crippen molar-refractivity contribution in [2.45, 2.75) is 32.1 Å². The normalized spacial score (nSPS) is 14.1. The molecule has 0 atom stereocenters. The molecule has 0 aliphatic carbocycles. The Morgan fingerprint density at radius 3 is 2.50 bits per heavy atom. The maximum atomic E-state index is 12.3. The lowest BCUT2D eigenvalue weighted by atomic mass is 10.1. The van der Waals surface area contributed by atoms with Crippen LogP contribution in [0, 0.1) is 0 Å². The first-order valence-corrected chi connectivity index (χ1v) is 9.53. The maximum absolute atomic E-state index is 12.3. The number of methoxy groups -OCH3 is 1. The van der Waals surface area contributed by atoms with Crippen LogP contribution in [-0.4, -0.2) is 32.7 Å².